The van der Waals surface area contributed by atoms with Crippen molar-refractivity contribution >= 4 is 11.9 Å². The van der Waals surface area contributed by atoms with Gasteiger partial charge in [0.25, 0.3) is 0 Å². The van der Waals surface area contributed by atoms with Crippen LogP contribution < -0.4 is 10.6 Å². The number of carboxylic acid groups (broad SMARTS) is 1. The third-order valence-electron chi connectivity index (χ3n) is 5.69. The maximum absolute atomic E-state index is 12.3. The van der Waals surface area contributed by atoms with E-state index in [9.17, 15) is 14.7 Å². The minimum Gasteiger partial charge on any atom is -0.481 e. The van der Waals surface area contributed by atoms with E-state index in [0.717, 1.165) is 25.7 Å². The quantitative estimate of drug-likeness (QED) is 0.734. The third kappa shape index (κ3) is 3.23. The topological polar surface area (TPSA) is 78.4 Å². The van der Waals surface area contributed by atoms with E-state index in [4.69, 9.17) is 0 Å². The van der Waals surface area contributed by atoms with Gasteiger partial charge in [-0.25, -0.2) is 0 Å². The van der Waals surface area contributed by atoms with Crippen molar-refractivity contribution in [3.8, 4) is 0 Å². The van der Waals surface area contributed by atoms with Gasteiger partial charge in [-0.05, 0) is 43.9 Å². The van der Waals surface area contributed by atoms with Gasteiger partial charge in [-0.15, -0.1) is 0 Å². The van der Waals surface area contributed by atoms with E-state index in [-0.39, 0.29) is 23.8 Å². The smallest absolute Gasteiger partial charge is 0.306 e. The zero-order valence-electron chi connectivity index (χ0n) is 12.5. The minimum absolute atomic E-state index is 0.0669. The molecule has 0 bridgehead atoms. The molecule has 2 saturated carbocycles. The van der Waals surface area contributed by atoms with Gasteiger partial charge < -0.3 is 15.7 Å². The number of nitrogens with one attached hydrogen (secondary N) is 2. The first kappa shape index (κ1) is 14.8. The zero-order valence-corrected chi connectivity index (χ0v) is 12.5. The van der Waals surface area contributed by atoms with E-state index in [0.29, 0.717) is 18.5 Å². The van der Waals surface area contributed by atoms with E-state index in [1.165, 1.54) is 25.7 Å². The van der Waals surface area contributed by atoms with Crippen molar-refractivity contribution in [3.63, 3.8) is 0 Å². The van der Waals surface area contributed by atoms with Gasteiger partial charge in [0.1, 0.15) is 0 Å². The summed E-state index contributed by atoms with van der Waals surface area (Å²) >= 11 is 0. The first-order valence-electron chi connectivity index (χ1n) is 8.41. The predicted octanol–water partition coefficient (Wildman–Crippen LogP) is 1.52. The van der Waals surface area contributed by atoms with Crippen LogP contribution >= 0.6 is 0 Å². The highest BCUT2D eigenvalue weighted by Gasteiger charge is 2.39. The Hall–Kier alpha value is -1.10. The molecular formula is C16H26N2O3. The molecule has 5 heteroatoms. The van der Waals surface area contributed by atoms with Gasteiger partial charge in [-0.1, -0.05) is 19.3 Å². The standard InChI is InChI=1S/C16H26N2O3/c19-15(14-8-10-4-1-2-7-13(10)18-14)17-9-11-5-3-6-12(11)16(20)21/h10-14,18H,1-9H2,(H,17,19)(H,20,21). The van der Waals surface area contributed by atoms with Crippen molar-refractivity contribution < 1.29 is 14.7 Å². The molecule has 5 nitrogen and oxygen atoms in total. The average Bonchev–Trinajstić information content (AvgIpc) is 3.10. The lowest BCUT2D eigenvalue weighted by Crippen LogP contribution is -2.45. The number of hydrogen-bond donors (Lipinski definition) is 3. The first-order chi connectivity index (χ1) is 10.1. The molecule has 118 valence electrons. The van der Waals surface area contributed by atoms with Crippen LogP contribution in [0.2, 0.25) is 0 Å². The van der Waals surface area contributed by atoms with Gasteiger partial charge in [-0.3, -0.25) is 9.59 Å². The second kappa shape index (κ2) is 6.34. The Morgan fingerprint density at radius 2 is 1.90 bits per heavy atom. The highest BCUT2D eigenvalue weighted by atomic mass is 16.4. The van der Waals surface area contributed by atoms with Gasteiger partial charge in [0.15, 0.2) is 0 Å². The van der Waals surface area contributed by atoms with Crippen molar-refractivity contribution in [2.75, 3.05) is 6.54 Å². The first-order valence-corrected chi connectivity index (χ1v) is 8.41. The molecule has 0 aromatic carbocycles. The molecule has 3 rings (SSSR count). The Bertz CT molecular complexity index is 398. The largest absolute Gasteiger partial charge is 0.481 e. The summed E-state index contributed by atoms with van der Waals surface area (Å²) in [7, 11) is 0. The number of amides is 1. The minimum atomic E-state index is -0.711. The molecule has 0 radical (unpaired) electrons. The molecule has 2 aliphatic carbocycles. The summed E-state index contributed by atoms with van der Waals surface area (Å²) in [6.45, 7) is 0.517. The normalized spacial score (nSPS) is 39.0. The second-order valence-corrected chi connectivity index (χ2v) is 6.99. The fourth-order valence-corrected chi connectivity index (χ4v) is 4.48. The van der Waals surface area contributed by atoms with E-state index < -0.39 is 5.97 Å². The van der Waals surface area contributed by atoms with Crippen LogP contribution in [0.1, 0.15) is 51.4 Å². The van der Waals surface area contributed by atoms with Crippen LogP contribution in [-0.2, 0) is 9.59 Å². The Labute approximate surface area is 125 Å². The van der Waals surface area contributed by atoms with Crippen molar-refractivity contribution in [2.45, 2.75) is 63.5 Å². The predicted molar refractivity (Wildman–Crippen MR) is 78.8 cm³/mol. The molecule has 3 aliphatic rings. The summed E-state index contributed by atoms with van der Waals surface area (Å²) in [6, 6.07) is 0.454. The van der Waals surface area contributed by atoms with Crippen LogP contribution in [-0.4, -0.2) is 35.6 Å². The molecule has 0 aromatic heterocycles. The van der Waals surface area contributed by atoms with Gasteiger partial charge in [0.2, 0.25) is 5.91 Å². The van der Waals surface area contributed by atoms with Crippen LogP contribution in [0, 0.1) is 17.8 Å². The van der Waals surface area contributed by atoms with E-state index in [2.05, 4.69) is 10.6 Å². The van der Waals surface area contributed by atoms with Gasteiger partial charge in [0.05, 0.1) is 12.0 Å². The summed E-state index contributed by atoms with van der Waals surface area (Å²) in [5, 5.41) is 15.6. The lowest BCUT2D eigenvalue weighted by atomic mass is 9.85. The van der Waals surface area contributed by atoms with Crippen LogP contribution in [0.3, 0.4) is 0 Å². The Morgan fingerprint density at radius 3 is 2.67 bits per heavy atom. The van der Waals surface area contributed by atoms with Crippen LogP contribution in [0.5, 0.6) is 0 Å². The maximum atomic E-state index is 12.3. The lowest BCUT2D eigenvalue weighted by Gasteiger charge is -2.24. The molecule has 5 atom stereocenters. The molecule has 1 saturated heterocycles. The van der Waals surface area contributed by atoms with Crippen LogP contribution in [0.4, 0.5) is 0 Å². The third-order valence-corrected chi connectivity index (χ3v) is 5.69. The van der Waals surface area contributed by atoms with Gasteiger partial charge >= 0.3 is 5.97 Å². The highest BCUT2D eigenvalue weighted by Crippen LogP contribution is 2.34. The molecule has 0 spiro atoms. The van der Waals surface area contributed by atoms with Crippen LogP contribution in [0.15, 0.2) is 0 Å². The van der Waals surface area contributed by atoms with E-state index in [1.54, 1.807) is 0 Å². The summed E-state index contributed by atoms with van der Waals surface area (Å²) < 4.78 is 0. The number of aliphatic carboxylic acids is 1. The number of carboxylic acids is 1. The number of carbonyl (C=O) groups is 2. The molecule has 5 unspecified atom stereocenters. The van der Waals surface area contributed by atoms with Crippen LogP contribution in [0.25, 0.3) is 0 Å². The molecule has 0 aromatic rings. The highest BCUT2D eigenvalue weighted by molar-refractivity contribution is 5.82. The van der Waals surface area contributed by atoms with Crippen molar-refractivity contribution in [1.29, 1.82) is 0 Å². The van der Waals surface area contributed by atoms with Crippen molar-refractivity contribution in [2.24, 2.45) is 17.8 Å². The number of hydrogen-bond acceptors (Lipinski definition) is 3. The maximum Gasteiger partial charge on any atom is 0.306 e. The monoisotopic (exact) mass is 294 g/mol. The Morgan fingerprint density at radius 1 is 1.10 bits per heavy atom. The summed E-state index contributed by atoms with van der Waals surface area (Å²) in [4.78, 5) is 23.5. The molecule has 1 amide bonds. The molecule has 1 heterocycles. The van der Waals surface area contributed by atoms with E-state index in [1.807, 2.05) is 0 Å². The summed E-state index contributed by atoms with van der Waals surface area (Å²) in [5.41, 5.74) is 0. The zero-order chi connectivity index (χ0) is 14.8. The molecular weight excluding hydrogens is 268 g/mol. The molecule has 3 fully saturated rings. The molecule has 3 N–H and O–H groups in total. The molecule has 1 aliphatic heterocycles. The van der Waals surface area contributed by atoms with Gasteiger partial charge in [-0.2, -0.15) is 0 Å². The SMILES string of the molecule is O=C(NCC1CCCC1C(=O)O)C1CC2CCCCC2N1. The van der Waals surface area contributed by atoms with Gasteiger partial charge in [0, 0.05) is 12.6 Å². The van der Waals surface area contributed by atoms with Crippen molar-refractivity contribution in [3.05, 3.63) is 0 Å². The Balaban J connectivity index is 1.47. The summed E-state index contributed by atoms with van der Waals surface area (Å²) in [5.74, 6) is -0.149. The average molecular weight is 294 g/mol. The second-order valence-electron chi connectivity index (χ2n) is 6.99. The fourth-order valence-electron chi connectivity index (χ4n) is 4.48. The summed E-state index contributed by atoms with van der Waals surface area (Å²) in [6.07, 6.45) is 8.57. The number of carbonyl (C=O) groups excluding carboxylic acids is 1. The molecule has 21 heavy (non-hydrogen) atoms. The fraction of sp³-hybridized carbons (Fsp3) is 0.875. The Kier molecular flexibility index (Phi) is 4.48. The lowest BCUT2D eigenvalue weighted by molar-refractivity contribution is -0.143. The number of fused-ring (bicyclic) bond motifs is 1. The van der Waals surface area contributed by atoms with Crippen molar-refractivity contribution in [1.82, 2.24) is 10.6 Å². The number of rotatable bonds is 4. The van der Waals surface area contributed by atoms with E-state index >= 15 is 0 Å².